The Balaban J connectivity index is 1.57. The van der Waals surface area contributed by atoms with Crippen molar-refractivity contribution in [3.05, 3.63) is 40.1 Å². The van der Waals surface area contributed by atoms with Gasteiger partial charge in [0, 0.05) is 28.5 Å². The van der Waals surface area contributed by atoms with E-state index in [1.165, 1.54) is 31.3 Å². The van der Waals surface area contributed by atoms with Crippen LogP contribution in [0.3, 0.4) is 0 Å². The number of hydrogen-bond acceptors (Lipinski definition) is 3. The molecule has 2 aliphatic rings. The van der Waals surface area contributed by atoms with Crippen molar-refractivity contribution < 1.29 is 9.53 Å². The number of carbonyl (C=O) groups excluding carboxylic acids is 1. The van der Waals surface area contributed by atoms with Crippen LogP contribution in [0.1, 0.15) is 31.2 Å². The van der Waals surface area contributed by atoms with Gasteiger partial charge in [0.05, 0.1) is 0 Å². The van der Waals surface area contributed by atoms with E-state index in [1.54, 1.807) is 18.5 Å². The van der Waals surface area contributed by atoms with E-state index in [9.17, 15) is 4.79 Å². The highest BCUT2D eigenvalue weighted by atomic mass is 79.9. The van der Waals surface area contributed by atoms with Crippen molar-refractivity contribution in [1.82, 2.24) is 4.98 Å². The Morgan fingerprint density at radius 2 is 2.00 bits per heavy atom. The van der Waals surface area contributed by atoms with Crippen molar-refractivity contribution in [2.75, 3.05) is 0 Å². The molecule has 3 rings (SSSR count). The second-order valence-electron chi connectivity index (χ2n) is 5.31. The Bertz CT molecular complexity index is 505. The Hall–Kier alpha value is -1.16. The lowest BCUT2D eigenvalue weighted by Gasteiger charge is -2.05. The molecule has 0 N–H and O–H groups in total. The number of pyridine rings is 1. The molecule has 1 aromatic rings. The zero-order valence-corrected chi connectivity index (χ0v) is 12.2. The Kier molecular flexibility index (Phi) is 3.69. The molecule has 1 heterocycles. The number of esters is 1. The average Bonchev–Trinajstić information content (AvgIpc) is 3.27. The first-order chi connectivity index (χ1) is 9.22. The summed E-state index contributed by atoms with van der Waals surface area (Å²) in [5.74, 6) is 1.11. The summed E-state index contributed by atoms with van der Waals surface area (Å²) < 4.78 is 6.19. The number of carbonyl (C=O) groups is 1. The van der Waals surface area contributed by atoms with Gasteiger partial charge >= 0.3 is 5.97 Å². The highest BCUT2D eigenvalue weighted by Crippen LogP contribution is 2.48. The number of aromatic nitrogens is 1. The third kappa shape index (κ3) is 3.66. The van der Waals surface area contributed by atoms with E-state index in [4.69, 9.17) is 4.74 Å². The molecule has 0 aliphatic heterocycles. The fourth-order valence-electron chi connectivity index (χ4n) is 2.27. The Labute approximate surface area is 121 Å². The summed E-state index contributed by atoms with van der Waals surface area (Å²) >= 11 is 3.35. The van der Waals surface area contributed by atoms with Crippen LogP contribution in [0.25, 0.3) is 0 Å². The summed E-state index contributed by atoms with van der Waals surface area (Å²) in [6, 6.07) is 1.91. The van der Waals surface area contributed by atoms with Gasteiger partial charge in [-0.2, -0.15) is 0 Å². The SMILES string of the molecule is O=C(C=C(C1CC1)C1CC1)OCc1cncc(Br)c1. The number of nitrogens with zero attached hydrogens (tertiary/aromatic N) is 1. The van der Waals surface area contributed by atoms with E-state index in [0.29, 0.717) is 11.8 Å². The summed E-state index contributed by atoms with van der Waals surface area (Å²) in [6.45, 7) is 0.282. The minimum atomic E-state index is -0.214. The van der Waals surface area contributed by atoms with Gasteiger partial charge in [-0.1, -0.05) is 5.57 Å². The molecule has 2 saturated carbocycles. The second kappa shape index (κ2) is 5.45. The van der Waals surface area contributed by atoms with Gasteiger partial charge in [0.1, 0.15) is 6.61 Å². The van der Waals surface area contributed by atoms with E-state index in [1.807, 2.05) is 6.07 Å². The fourth-order valence-corrected chi connectivity index (χ4v) is 2.68. The minimum absolute atomic E-state index is 0.214. The number of hydrogen-bond donors (Lipinski definition) is 0. The topological polar surface area (TPSA) is 39.2 Å². The van der Waals surface area contributed by atoms with Crippen molar-refractivity contribution in [3.63, 3.8) is 0 Å². The summed E-state index contributed by atoms with van der Waals surface area (Å²) in [6.07, 6.45) is 10.1. The van der Waals surface area contributed by atoms with E-state index in [0.717, 1.165) is 10.0 Å². The number of halogens is 1. The fraction of sp³-hybridized carbons (Fsp3) is 0.467. The summed E-state index contributed by atoms with van der Waals surface area (Å²) in [4.78, 5) is 15.9. The normalized spacial score (nSPS) is 17.9. The third-order valence-corrected chi connectivity index (χ3v) is 3.96. The second-order valence-corrected chi connectivity index (χ2v) is 6.23. The first-order valence-electron chi connectivity index (χ1n) is 6.70. The van der Waals surface area contributed by atoms with E-state index < -0.39 is 0 Å². The van der Waals surface area contributed by atoms with Crippen LogP contribution in [0.15, 0.2) is 34.6 Å². The van der Waals surface area contributed by atoms with Gasteiger partial charge in [-0.15, -0.1) is 0 Å². The van der Waals surface area contributed by atoms with Gasteiger partial charge in [0.2, 0.25) is 0 Å². The lowest BCUT2D eigenvalue weighted by Crippen LogP contribution is -2.04. The van der Waals surface area contributed by atoms with Crippen LogP contribution < -0.4 is 0 Å². The maximum absolute atomic E-state index is 11.8. The molecule has 1 aromatic heterocycles. The summed E-state index contributed by atoms with van der Waals surface area (Å²) in [7, 11) is 0. The number of ether oxygens (including phenoxy) is 1. The first-order valence-corrected chi connectivity index (χ1v) is 7.49. The minimum Gasteiger partial charge on any atom is -0.458 e. The molecule has 19 heavy (non-hydrogen) atoms. The first kappa shape index (κ1) is 12.9. The zero-order chi connectivity index (χ0) is 13.2. The van der Waals surface area contributed by atoms with Crippen LogP contribution in [-0.4, -0.2) is 11.0 Å². The molecular weight excluding hydrogens is 306 g/mol. The van der Waals surface area contributed by atoms with E-state index in [-0.39, 0.29) is 12.6 Å². The largest absolute Gasteiger partial charge is 0.458 e. The number of rotatable bonds is 5. The molecule has 3 nitrogen and oxygen atoms in total. The molecular formula is C15H16BrNO2. The predicted octanol–water partition coefficient (Wildman–Crippen LogP) is 3.63. The van der Waals surface area contributed by atoms with Gasteiger partial charge in [-0.05, 0) is 59.5 Å². The van der Waals surface area contributed by atoms with Crippen molar-refractivity contribution in [1.29, 1.82) is 0 Å². The monoisotopic (exact) mass is 321 g/mol. The smallest absolute Gasteiger partial charge is 0.331 e. The van der Waals surface area contributed by atoms with Gasteiger partial charge in [0.25, 0.3) is 0 Å². The van der Waals surface area contributed by atoms with Crippen molar-refractivity contribution >= 4 is 21.9 Å². The molecule has 0 saturated heterocycles. The molecule has 0 radical (unpaired) electrons. The molecule has 0 amide bonds. The van der Waals surface area contributed by atoms with Crippen molar-refractivity contribution in [2.45, 2.75) is 32.3 Å². The molecule has 0 aromatic carbocycles. The van der Waals surface area contributed by atoms with Crippen LogP contribution in [0.4, 0.5) is 0 Å². The van der Waals surface area contributed by atoms with Crippen molar-refractivity contribution in [2.24, 2.45) is 11.8 Å². The number of allylic oxidation sites excluding steroid dienone is 1. The van der Waals surface area contributed by atoms with Gasteiger partial charge in [-0.25, -0.2) is 4.79 Å². The van der Waals surface area contributed by atoms with E-state index >= 15 is 0 Å². The lowest BCUT2D eigenvalue weighted by atomic mass is 10.1. The molecule has 4 heteroatoms. The van der Waals surface area contributed by atoms with Gasteiger partial charge < -0.3 is 4.74 Å². The highest BCUT2D eigenvalue weighted by Gasteiger charge is 2.36. The van der Waals surface area contributed by atoms with Crippen LogP contribution >= 0.6 is 15.9 Å². The average molecular weight is 322 g/mol. The zero-order valence-electron chi connectivity index (χ0n) is 10.6. The molecule has 2 aliphatic carbocycles. The molecule has 0 bridgehead atoms. The van der Waals surface area contributed by atoms with Crippen LogP contribution in [0.5, 0.6) is 0 Å². The predicted molar refractivity (Wildman–Crippen MR) is 75.3 cm³/mol. The molecule has 2 fully saturated rings. The van der Waals surface area contributed by atoms with Gasteiger partial charge in [-0.3, -0.25) is 4.98 Å². The van der Waals surface area contributed by atoms with Crippen LogP contribution in [0.2, 0.25) is 0 Å². The lowest BCUT2D eigenvalue weighted by molar-refractivity contribution is -0.139. The van der Waals surface area contributed by atoms with Crippen LogP contribution in [0, 0.1) is 11.8 Å². The highest BCUT2D eigenvalue weighted by molar-refractivity contribution is 9.10. The maximum atomic E-state index is 11.8. The van der Waals surface area contributed by atoms with Crippen LogP contribution in [-0.2, 0) is 16.1 Å². The molecule has 100 valence electrons. The third-order valence-electron chi connectivity index (χ3n) is 3.52. The molecule has 0 spiro atoms. The van der Waals surface area contributed by atoms with Gasteiger partial charge in [0.15, 0.2) is 0 Å². The van der Waals surface area contributed by atoms with E-state index in [2.05, 4.69) is 20.9 Å². The quantitative estimate of drug-likeness (QED) is 0.614. The summed E-state index contributed by atoms with van der Waals surface area (Å²) in [5.41, 5.74) is 2.23. The molecule has 0 unspecified atom stereocenters. The Morgan fingerprint density at radius 3 is 2.58 bits per heavy atom. The standard InChI is InChI=1S/C15H16BrNO2/c16-13-5-10(7-17-8-13)9-19-15(18)6-14(11-1-2-11)12-3-4-12/h5-8,11-12H,1-4,9H2. The van der Waals surface area contributed by atoms with Crippen molar-refractivity contribution in [3.8, 4) is 0 Å². The maximum Gasteiger partial charge on any atom is 0.331 e. The molecule has 0 atom stereocenters. The Morgan fingerprint density at radius 1 is 1.32 bits per heavy atom. The summed E-state index contributed by atoms with van der Waals surface area (Å²) in [5, 5.41) is 0.